The first-order chi connectivity index (χ1) is 8.29. The van der Waals surface area contributed by atoms with Crippen LogP contribution in [0.25, 0.3) is 0 Å². The van der Waals surface area contributed by atoms with E-state index in [1.165, 1.54) is 24.8 Å². The Hall–Kier alpha value is -0.690. The van der Waals surface area contributed by atoms with E-state index in [0.29, 0.717) is 11.3 Å². The summed E-state index contributed by atoms with van der Waals surface area (Å²) in [5, 5.41) is 0.366. The van der Waals surface area contributed by atoms with Gasteiger partial charge < -0.3 is 4.74 Å². The minimum atomic E-state index is 0.366. The summed E-state index contributed by atoms with van der Waals surface area (Å²) in [4.78, 5) is 0. The van der Waals surface area contributed by atoms with Gasteiger partial charge in [0.1, 0.15) is 5.75 Å². The van der Waals surface area contributed by atoms with Crippen molar-refractivity contribution in [3.05, 3.63) is 29.8 Å². The predicted molar refractivity (Wildman–Crippen MR) is 73.1 cm³/mol. The number of alkyl halides is 1. The average molecular weight is 253 g/mol. The highest BCUT2D eigenvalue weighted by Crippen LogP contribution is 2.35. The molecule has 2 heteroatoms. The zero-order valence-electron chi connectivity index (χ0n) is 10.5. The van der Waals surface area contributed by atoms with Crippen molar-refractivity contribution >= 4 is 11.6 Å². The van der Waals surface area contributed by atoms with E-state index in [2.05, 4.69) is 31.2 Å². The number of benzene rings is 1. The summed E-state index contributed by atoms with van der Waals surface area (Å²) in [5.41, 5.74) is 1.42. The number of hydrogen-bond donors (Lipinski definition) is 0. The van der Waals surface area contributed by atoms with E-state index in [-0.39, 0.29) is 0 Å². The van der Waals surface area contributed by atoms with Crippen LogP contribution in [-0.4, -0.2) is 12.0 Å². The van der Waals surface area contributed by atoms with E-state index < -0.39 is 0 Å². The van der Waals surface area contributed by atoms with Gasteiger partial charge in [-0.2, -0.15) is 0 Å². The second-order valence-corrected chi connectivity index (χ2v) is 5.50. The number of ether oxygens (including phenoxy) is 1. The summed E-state index contributed by atoms with van der Waals surface area (Å²) in [6.45, 7) is 2.92. The monoisotopic (exact) mass is 252 g/mol. The first-order valence-electron chi connectivity index (χ1n) is 6.66. The number of hydrogen-bond acceptors (Lipinski definition) is 1. The van der Waals surface area contributed by atoms with Crippen molar-refractivity contribution < 1.29 is 4.74 Å². The summed E-state index contributed by atoms with van der Waals surface area (Å²) in [6.07, 6.45) is 5.88. The molecule has 0 bridgehead atoms. The highest BCUT2D eigenvalue weighted by Gasteiger charge is 2.21. The first kappa shape index (κ1) is 12.8. The molecule has 0 saturated heterocycles. The maximum absolute atomic E-state index is 6.24. The number of rotatable bonds is 4. The summed E-state index contributed by atoms with van der Waals surface area (Å²) in [6, 6.07) is 8.57. The molecule has 2 unspecified atom stereocenters. The van der Waals surface area contributed by atoms with Gasteiger partial charge in [-0.1, -0.05) is 25.5 Å². The molecule has 17 heavy (non-hydrogen) atoms. The van der Waals surface area contributed by atoms with Crippen LogP contribution >= 0.6 is 11.6 Å². The van der Waals surface area contributed by atoms with Gasteiger partial charge in [-0.3, -0.25) is 0 Å². The number of halogens is 1. The van der Waals surface area contributed by atoms with Crippen molar-refractivity contribution in [3.63, 3.8) is 0 Å². The third kappa shape index (κ3) is 3.64. The summed E-state index contributed by atoms with van der Waals surface area (Å²) < 4.78 is 5.59. The Morgan fingerprint density at radius 2 is 2.00 bits per heavy atom. The molecule has 0 radical (unpaired) electrons. The molecule has 1 aromatic carbocycles. The molecule has 2 atom stereocenters. The molecule has 0 spiro atoms. The van der Waals surface area contributed by atoms with Crippen LogP contribution in [0.2, 0.25) is 0 Å². The van der Waals surface area contributed by atoms with E-state index >= 15 is 0 Å². The van der Waals surface area contributed by atoms with E-state index in [1.807, 2.05) is 0 Å². The van der Waals surface area contributed by atoms with Crippen molar-refractivity contribution in [2.45, 2.75) is 50.3 Å². The van der Waals surface area contributed by atoms with Crippen molar-refractivity contribution in [1.29, 1.82) is 0 Å². The third-order valence-electron chi connectivity index (χ3n) is 3.43. The zero-order valence-corrected chi connectivity index (χ0v) is 11.2. The van der Waals surface area contributed by atoms with Crippen LogP contribution in [0.15, 0.2) is 24.3 Å². The second-order valence-electron chi connectivity index (χ2n) is 4.88. The van der Waals surface area contributed by atoms with E-state index in [4.69, 9.17) is 16.3 Å². The molecule has 0 amide bonds. The molecular weight excluding hydrogens is 232 g/mol. The van der Waals surface area contributed by atoms with Gasteiger partial charge in [0, 0.05) is 5.38 Å². The van der Waals surface area contributed by atoms with Gasteiger partial charge >= 0.3 is 0 Å². The van der Waals surface area contributed by atoms with Gasteiger partial charge in [-0.25, -0.2) is 0 Å². The second kappa shape index (κ2) is 6.30. The Kier molecular flexibility index (Phi) is 4.73. The third-order valence-corrected chi connectivity index (χ3v) is 3.83. The van der Waals surface area contributed by atoms with Gasteiger partial charge in [0.15, 0.2) is 0 Å². The van der Waals surface area contributed by atoms with Crippen LogP contribution in [0.4, 0.5) is 0 Å². The molecule has 0 heterocycles. The van der Waals surface area contributed by atoms with Gasteiger partial charge in [0.2, 0.25) is 0 Å². The fraction of sp³-hybridized carbons (Fsp3) is 0.600. The van der Waals surface area contributed by atoms with Crippen molar-refractivity contribution in [3.8, 4) is 5.75 Å². The molecule has 0 aromatic heterocycles. The van der Waals surface area contributed by atoms with Gasteiger partial charge in [-0.15, -0.1) is 11.6 Å². The van der Waals surface area contributed by atoms with E-state index in [0.717, 1.165) is 25.2 Å². The minimum Gasteiger partial charge on any atom is -0.494 e. The van der Waals surface area contributed by atoms with Crippen molar-refractivity contribution in [2.75, 3.05) is 6.61 Å². The molecule has 1 aliphatic carbocycles. The van der Waals surface area contributed by atoms with Crippen molar-refractivity contribution in [2.24, 2.45) is 0 Å². The molecule has 1 saturated carbocycles. The molecule has 1 nitrogen and oxygen atoms in total. The molecule has 2 rings (SSSR count). The van der Waals surface area contributed by atoms with E-state index in [1.54, 1.807) is 0 Å². The van der Waals surface area contributed by atoms with Crippen LogP contribution in [0.1, 0.15) is 50.5 Å². The van der Waals surface area contributed by atoms with Crippen LogP contribution in [-0.2, 0) is 0 Å². The standard InChI is InChI=1S/C15H21ClO/c1-2-10-17-15-8-6-12(7-9-15)13-4-3-5-14(16)11-13/h6-9,13-14H,2-5,10-11H2,1H3. The summed E-state index contributed by atoms with van der Waals surface area (Å²) in [5.74, 6) is 1.63. The van der Waals surface area contributed by atoms with Crippen LogP contribution in [0.5, 0.6) is 5.75 Å². The zero-order chi connectivity index (χ0) is 12.1. The molecule has 1 aromatic rings. The maximum atomic E-state index is 6.24. The van der Waals surface area contributed by atoms with Gasteiger partial charge in [-0.05, 0) is 49.3 Å². The Morgan fingerprint density at radius 3 is 2.65 bits per heavy atom. The maximum Gasteiger partial charge on any atom is 0.119 e. The Morgan fingerprint density at radius 1 is 1.24 bits per heavy atom. The minimum absolute atomic E-state index is 0.366. The van der Waals surface area contributed by atoms with Crippen LogP contribution < -0.4 is 4.74 Å². The summed E-state index contributed by atoms with van der Waals surface area (Å²) in [7, 11) is 0. The van der Waals surface area contributed by atoms with Crippen LogP contribution in [0, 0.1) is 0 Å². The van der Waals surface area contributed by atoms with Crippen LogP contribution in [0.3, 0.4) is 0 Å². The van der Waals surface area contributed by atoms with E-state index in [9.17, 15) is 0 Å². The fourth-order valence-corrected chi connectivity index (χ4v) is 2.86. The predicted octanol–water partition coefficient (Wildman–Crippen LogP) is 4.74. The lowest BCUT2D eigenvalue weighted by Crippen LogP contribution is -2.13. The molecule has 0 N–H and O–H groups in total. The molecule has 1 fully saturated rings. The first-order valence-corrected chi connectivity index (χ1v) is 7.10. The molecule has 0 aliphatic heterocycles. The van der Waals surface area contributed by atoms with Crippen molar-refractivity contribution in [1.82, 2.24) is 0 Å². The highest BCUT2D eigenvalue weighted by molar-refractivity contribution is 6.20. The molecular formula is C15H21ClO. The normalized spacial score (nSPS) is 24.6. The SMILES string of the molecule is CCCOc1ccc(C2CCCC(Cl)C2)cc1. The molecule has 1 aliphatic rings. The Balaban J connectivity index is 1.96. The lowest BCUT2D eigenvalue weighted by molar-refractivity contribution is 0.317. The van der Waals surface area contributed by atoms with Gasteiger partial charge in [0.05, 0.1) is 6.61 Å². The summed E-state index contributed by atoms with van der Waals surface area (Å²) >= 11 is 6.24. The van der Waals surface area contributed by atoms with Gasteiger partial charge in [0.25, 0.3) is 0 Å². The Bertz CT molecular complexity index is 333. The average Bonchev–Trinajstić information content (AvgIpc) is 2.37. The lowest BCUT2D eigenvalue weighted by atomic mass is 9.84. The molecule has 94 valence electrons. The quantitative estimate of drug-likeness (QED) is 0.704. The highest BCUT2D eigenvalue weighted by atomic mass is 35.5. The lowest BCUT2D eigenvalue weighted by Gasteiger charge is -2.25. The largest absolute Gasteiger partial charge is 0.494 e. The Labute approximate surface area is 109 Å². The fourth-order valence-electron chi connectivity index (χ4n) is 2.49. The smallest absolute Gasteiger partial charge is 0.119 e. The topological polar surface area (TPSA) is 9.23 Å².